The van der Waals surface area contributed by atoms with Crippen molar-refractivity contribution in [1.82, 2.24) is 9.62 Å². The smallest absolute Gasteiger partial charge is 0.307 e. The Labute approximate surface area is 157 Å². The van der Waals surface area contributed by atoms with Gasteiger partial charge in [0.25, 0.3) is 5.91 Å². The van der Waals surface area contributed by atoms with Crippen molar-refractivity contribution in [2.45, 2.75) is 24.3 Å². The Morgan fingerprint density at radius 2 is 2.19 bits per heavy atom. The maximum absolute atomic E-state index is 12.1. The fourth-order valence-electron chi connectivity index (χ4n) is 2.36. The Kier molecular flexibility index (Phi) is 7.39. The van der Waals surface area contributed by atoms with Crippen molar-refractivity contribution in [2.24, 2.45) is 0 Å². The number of morpholine rings is 1. The summed E-state index contributed by atoms with van der Waals surface area (Å²) in [6, 6.07) is 5.78. The van der Waals surface area contributed by atoms with Crippen molar-refractivity contribution in [2.75, 3.05) is 32.8 Å². The second-order valence-electron chi connectivity index (χ2n) is 5.79. The summed E-state index contributed by atoms with van der Waals surface area (Å²) in [5.41, 5.74) is 0. The van der Waals surface area contributed by atoms with Crippen LogP contribution in [0.4, 0.5) is 0 Å². The molecule has 1 amide bonds. The van der Waals surface area contributed by atoms with E-state index in [2.05, 4.69) is 4.72 Å². The van der Waals surface area contributed by atoms with Crippen molar-refractivity contribution < 1.29 is 27.5 Å². The van der Waals surface area contributed by atoms with E-state index >= 15 is 0 Å². The van der Waals surface area contributed by atoms with Crippen molar-refractivity contribution >= 4 is 33.5 Å². The number of nitrogens with one attached hydrogen (secondary N) is 1. The standard InChI is InChI=1S/C16H21ClN2O6S/c1-12-10-19(7-8-24-12)15(20)11-25-16(21)5-6-18-26(22,23)14-4-2-3-13(17)9-14/h2-4,9,12,18H,5-8,10-11H2,1H3. The van der Waals surface area contributed by atoms with E-state index < -0.39 is 16.0 Å². The predicted octanol–water partition coefficient (Wildman–Crippen LogP) is 0.799. The van der Waals surface area contributed by atoms with E-state index in [0.717, 1.165) is 0 Å². The highest BCUT2D eigenvalue weighted by Gasteiger charge is 2.22. The van der Waals surface area contributed by atoms with Gasteiger partial charge in [0, 0.05) is 24.7 Å². The molecule has 1 atom stereocenters. The average molecular weight is 405 g/mol. The van der Waals surface area contributed by atoms with Crippen LogP contribution in [0.5, 0.6) is 0 Å². The molecule has 0 saturated carbocycles. The molecule has 1 heterocycles. The zero-order chi connectivity index (χ0) is 19.2. The average Bonchev–Trinajstić information content (AvgIpc) is 2.59. The second kappa shape index (κ2) is 9.31. The first kappa shape index (κ1) is 20.6. The molecule has 10 heteroatoms. The van der Waals surface area contributed by atoms with Crippen LogP contribution in [0, 0.1) is 0 Å². The number of sulfonamides is 1. The van der Waals surface area contributed by atoms with Crippen LogP contribution in [0.1, 0.15) is 13.3 Å². The first-order chi connectivity index (χ1) is 12.3. The van der Waals surface area contributed by atoms with Crippen molar-refractivity contribution in [3.63, 3.8) is 0 Å². The summed E-state index contributed by atoms with van der Waals surface area (Å²) < 4.78 is 36.7. The third-order valence-electron chi connectivity index (χ3n) is 3.68. The lowest BCUT2D eigenvalue weighted by atomic mass is 10.3. The molecule has 0 spiro atoms. The molecule has 1 N–H and O–H groups in total. The monoisotopic (exact) mass is 404 g/mol. The molecule has 0 bridgehead atoms. The summed E-state index contributed by atoms with van der Waals surface area (Å²) in [6.45, 7) is 2.71. The van der Waals surface area contributed by atoms with Crippen LogP contribution < -0.4 is 4.72 Å². The maximum Gasteiger partial charge on any atom is 0.307 e. The normalized spacial score (nSPS) is 17.8. The summed E-state index contributed by atoms with van der Waals surface area (Å²) in [6.07, 6.45) is -0.239. The molecule has 1 aromatic rings. The number of benzene rings is 1. The topological polar surface area (TPSA) is 102 Å². The lowest BCUT2D eigenvalue weighted by Gasteiger charge is -2.30. The molecular formula is C16H21ClN2O6S. The summed E-state index contributed by atoms with van der Waals surface area (Å²) in [5.74, 6) is -0.957. The predicted molar refractivity (Wildman–Crippen MR) is 94.2 cm³/mol. The van der Waals surface area contributed by atoms with Crippen LogP contribution >= 0.6 is 11.6 Å². The summed E-state index contributed by atoms with van der Waals surface area (Å²) in [7, 11) is -3.76. The van der Waals surface area contributed by atoms with Gasteiger partial charge < -0.3 is 14.4 Å². The molecule has 1 fully saturated rings. The number of esters is 1. The number of rotatable bonds is 7. The van der Waals surface area contributed by atoms with E-state index in [1.165, 1.54) is 18.2 Å². The molecule has 1 aliphatic heterocycles. The largest absolute Gasteiger partial charge is 0.456 e. The van der Waals surface area contributed by atoms with Gasteiger partial charge in [-0.15, -0.1) is 0 Å². The summed E-state index contributed by atoms with van der Waals surface area (Å²) >= 11 is 5.77. The van der Waals surface area contributed by atoms with E-state index in [1.807, 2.05) is 6.92 Å². The zero-order valence-corrected chi connectivity index (χ0v) is 15.9. The molecule has 8 nitrogen and oxygen atoms in total. The minimum atomic E-state index is -3.76. The van der Waals surface area contributed by atoms with Gasteiger partial charge in [-0.05, 0) is 25.1 Å². The van der Waals surface area contributed by atoms with Crippen LogP contribution in [0.25, 0.3) is 0 Å². The number of hydrogen-bond donors (Lipinski definition) is 1. The highest BCUT2D eigenvalue weighted by atomic mass is 35.5. The fourth-order valence-corrected chi connectivity index (χ4v) is 3.69. The molecule has 1 aliphatic rings. The lowest BCUT2D eigenvalue weighted by molar-refractivity contribution is -0.154. The molecule has 0 radical (unpaired) electrons. The van der Waals surface area contributed by atoms with Gasteiger partial charge in [0.1, 0.15) is 0 Å². The Morgan fingerprint density at radius 1 is 1.42 bits per heavy atom. The fraction of sp³-hybridized carbons (Fsp3) is 0.500. The Bertz CT molecular complexity index is 755. The Balaban J connectivity index is 1.72. The molecule has 26 heavy (non-hydrogen) atoms. The number of ether oxygens (including phenoxy) is 2. The molecule has 144 valence electrons. The van der Waals surface area contributed by atoms with Gasteiger partial charge in [-0.2, -0.15) is 0 Å². The Morgan fingerprint density at radius 3 is 2.88 bits per heavy atom. The van der Waals surface area contributed by atoms with E-state index in [9.17, 15) is 18.0 Å². The quantitative estimate of drug-likeness (QED) is 0.674. The number of nitrogens with zero attached hydrogens (tertiary/aromatic N) is 1. The maximum atomic E-state index is 12.1. The van der Waals surface area contributed by atoms with Crippen LogP contribution in [0.15, 0.2) is 29.2 Å². The molecule has 2 rings (SSSR count). The number of carbonyl (C=O) groups excluding carboxylic acids is 2. The molecule has 1 aromatic carbocycles. The first-order valence-electron chi connectivity index (χ1n) is 8.08. The van der Waals surface area contributed by atoms with Gasteiger partial charge in [-0.25, -0.2) is 13.1 Å². The molecule has 0 aromatic heterocycles. The van der Waals surface area contributed by atoms with Gasteiger partial charge in [0.15, 0.2) is 6.61 Å². The van der Waals surface area contributed by atoms with Crippen molar-refractivity contribution in [1.29, 1.82) is 0 Å². The first-order valence-corrected chi connectivity index (χ1v) is 9.94. The van der Waals surface area contributed by atoms with E-state index in [4.69, 9.17) is 21.1 Å². The van der Waals surface area contributed by atoms with Gasteiger partial charge in [-0.1, -0.05) is 17.7 Å². The third kappa shape index (κ3) is 6.24. The van der Waals surface area contributed by atoms with Crippen molar-refractivity contribution in [3.05, 3.63) is 29.3 Å². The number of carbonyl (C=O) groups is 2. The summed E-state index contributed by atoms with van der Waals surface area (Å²) in [5, 5.41) is 0.295. The van der Waals surface area contributed by atoms with Gasteiger partial charge in [0.2, 0.25) is 10.0 Å². The number of halogens is 1. The van der Waals surface area contributed by atoms with Crippen LogP contribution in [-0.2, 0) is 29.1 Å². The van der Waals surface area contributed by atoms with Crippen molar-refractivity contribution in [3.8, 4) is 0 Å². The molecule has 0 aliphatic carbocycles. The second-order valence-corrected chi connectivity index (χ2v) is 7.99. The molecule has 1 unspecified atom stereocenters. The van der Waals surface area contributed by atoms with Gasteiger partial charge in [-0.3, -0.25) is 9.59 Å². The van der Waals surface area contributed by atoms with E-state index in [-0.39, 0.29) is 36.5 Å². The molecular weight excluding hydrogens is 384 g/mol. The SMILES string of the molecule is CC1CN(C(=O)COC(=O)CCNS(=O)(=O)c2cccc(Cl)c2)CCO1. The highest BCUT2D eigenvalue weighted by molar-refractivity contribution is 7.89. The Hall–Kier alpha value is -1.68. The minimum Gasteiger partial charge on any atom is -0.456 e. The summed E-state index contributed by atoms with van der Waals surface area (Å²) in [4.78, 5) is 25.2. The van der Waals surface area contributed by atoms with Crippen LogP contribution in [0.2, 0.25) is 5.02 Å². The van der Waals surface area contributed by atoms with Gasteiger partial charge in [0.05, 0.1) is 24.0 Å². The van der Waals surface area contributed by atoms with Crippen LogP contribution in [-0.4, -0.2) is 64.1 Å². The molecule has 1 saturated heterocycles. The van der Waals surface area contributed by atoms with E-state index in [0.29, 0.717) is 24.7 Å². The highest BCUT2D eigenvalue weighted by Crippen LogP contribution is 2.15. The number of hydrogen-bond acceptors (Lipinski definition) is 6. The van der Waals surface area contributed by atoms with E-state index in [1.54, 1.807) is 11.0 Å². The minimum absolute atomic E-state index is 0.00924. The van der Waals surface area contributed by atoms with Gasteiger partial charge >= 0.3 is 5.97 Å². The number of amides is 1. The van der Waals surface area contributed by atoms with Crippen LogP contribution in [0.3, 0.4) is 0 Å². The lowest BCUT2D eigenvalue weighted by Crippen LogP contribution is -2.46. The third-order valence-corrected chi connectivity index (χ3v) is 5.37. The zero-order valence-electron chi connectivity index (χ0n) is 14.3.